The van der Waals surface area contributed by atoms with E-state index in [0.717, 1.165) is 51.3 Å². The molecule has 3 rings (SSSR count). The third-order valence-electron chi connectivity index (χ3n) is 5.34. The maximum atomic E-state index is 11.7. The third-order valence-corrected chi connectivity index (χ3v) is 5.34. The lowest BCUT2D eigenvalue weighted by atomic mass is 9.89. The lowest BCUT2D eigenvalue weighted by Crippen LogP contribution is -2.42. The van der Waals surface area contributed by atoms with Crippen LogP contribution in [-0.2, 0) is 9.53 Å². The first-order chi connectivity index (χ1) is 13.7. The fraction of sp³-hybridized carbons (Fsp3) is 0.636. The van der Waals surface area contributed by atoms with Gasteiger partial charge >= 0.3 is 0 Å². The Labute approximate surface area is 191 Å². The van der Waals surface area contributed by atoms with Crippen LogP contribution in [0.25, 0.3) is 0 Å². The highest BCUT2D eigenvalue weighted by Crippen LogP contribution is 2.34. The van der Waals surface area contributed by atoms with Crippen molar-refractivity contribution < 1.29 is 9.53 Å². The molecule has 1 aromatic carbocycles. The van der Waals surface area contributed by atoms with Gasteiger partial charge in [-0.1, -0.05) is 29.8 Å². The van der Waals surface area contributed by atoms with Crippen LogP contribution in [0.3, 0.4) is 0 Å². The van der Waals surface area contributed by atoms with Gasteiger partial charge < -0.3 is 20.7 Å². The monoisotopic (exact) mass is 514 g/mol. The number of ether oxygens (including phenoxy) is 1. The number of carbonyl (C=O) groups is 1. The van der Waals surface area contributed by atoms with Gasteiger partial charge in [0.2, 0.25) is 5.91 Å². The summed E-state index contributed by atoms with van der Waals surface area (Å²) in [6.45, 7) is 7.81. The summed E-state index contributed by atoms with van der Waals surface area (Å²) < 4.78 is 6.10. The average Bonchev–Trinajstić information content (AvgIpc) is 3.55. The normalized spacial score (nSPS) is 21.8. The van der Waals surface area contributed by atoms with Crippen molar-refractivity contribution in [2.45, 2.75) is 45.6 Å². The number of nitrogens with zero attached hydrogens (tertiary/aromatic N) is 1. The maximum Gasteiger partial charge on any atom is 0.223 e. The molecule has 2 aliphatic rings. The van der Waals surface area contributed by atoms with Gasteiger partial charge in [0.1, 0.15) is 0 Å². The van der Waals surface area contributed by atoms with E-state index in [-0.39, 0.29) is 41.9 Å². The van der Waals surface area contributed by atoms with Crippen LogP contribution in [0.4, 0.5) is 0 Å². The second kappa shape index (κ2) is 12.4. The fourth-order valence-corrected chi connectivity index (χ4v) is 3.56. The maximum absolute atomic E-state index is 11.7. The smallest absolute Gasteiger partial charge is 0.223 e. The number of guanidine groups is 1. The van der Waals surface area contributed by atoms with Crippen LogP contribution in [-0.4, -0.2) is 44.7 Å². The lowest BCUT2D eigenvalue weighted by Gasteiger charge is -2.31. The molecule has 0 aromatic heterocycles. The van der Waals surface area contributed by atoms with E-state index in [1.165, 1.54) is 11.1 Å². The second-order valence-corrected chi connectivity index (χ2v) is 7.82. The molecule has 29 heavy (non-hydrogen) atoms. The first-order valence-corrected chi connectivity index (χ1v) is 10.7. The highest BCUT2D eigenvalue weighted by molar-refractivity contribution is 14.0. The molecule has 1 amide bonds. The van der Waals surface area contributed by atoms with Crippen molar-refractivity contribution in [2.75, 3.05) is 32.8 Å². The summed E-state index contributed by atoms with van der Waals surface area (Å²) in [7, 11) is 0. The minimum absolute atomic E-state index is 0. The van der Waals surface area contributed by atoms with Crippen molar-refractivity contribution in [1.29, 1.82) is 0 Å². The number of halogens is 1. The van der Waals surface area contributed by atoms with Gasteiger partial charge in [-0.15, -0.1) is 24.0 Å². The fourth-order valence-electron chi connectivity index (χ4n) is 3.56. The van der Waals surface area contributed by atoms with Gasteiger partial charge in [-0.3, -0.25) is 9.79 Å². The van der Waals surface area contributed by atoms with Crippen molar-refractivity contribution in [3.8, 4) is 0 Å². The van der Waals surface area contributed by atoms with Gasteiger partial charge in [0.05, 0.1) is 6.10 Å². The van der Waals surface area contributed by atoms with Crippen LogP contribution < -0.4 is 16.0 Å². The number of hydrogen-bond donors (Lipinski definition) is 3. The summed E-state index contributed by atoms with van der Waals surface area (Å²) >= 11 is 0. The zero-order valence-electron chi connectivity index (χ0n) is 17.6. The Kier molecular flexibility index (Phi) is 10.2. The number of rotatable bonds is 8. The minimum atomic E-state index is 0. The van der Waals surface area contributed by atoms with Crippen LogP contribution in [0.5, 0.6) is 0 Å². The molecule has 3 N–H and O–H groups in total. The van der Waals surface area contributed by atoms with Crippen molar-refractivity contribution in [2.24, 2.45) is 16.8 Å². The number of amides is 1. The molecule has 7 heteroatoms. The molecule has 0 radical (unpaired) electrons. The molecule has 1 aromatic rings. The molecule has 2 atom stereocenters. The standard InChI is InChI=1S/C22H34N4O2.HI/c1-3-23-22(25-13-12-24-21(27)18-10-11-18)26-15-19-5-4-14-28-20(19)17-8-6-16(2)7-9-17;/h6-9,18-20H,3-5,10-15H2,1-2H3,(H,24,27)(H2,23,25,26);1H. The predicted molar refractivity (Wildman–Crippen MR) is 128 cm³/mol. The van der Waals surface area contributed by atoms with E-state index in [2.05, 4.69) is 54.1 Å². The molecule has 1 saturated carbocycles. The van der Waals surface area contributed by atoms with E-state index in [0.29, 0.717) is 19.0 Å². The number of carbonyl (C=O) groups excluding carboxylic acids is 1. The largest absolute Gasteiger partial charge is 0.373 e. The zero-order valence-corrected chi connectivity index (χ0v) is 19.9. The molecule has 1 saturated heterocycles. The first kappa shape index (κ1) is 23.9. The summed E-state index contributed by atoms with van der Waals surface area (Å²) in [6, 6.07) is 8.65. The molecule has 2 unspecified atom stereocenters. The molecular weight excluding hydrogens is 479 g/mol. The van der Waals surface area contributed by atoms with Gasteiger partial charge in [-0.2, -0.15) is 0 Å². The Morgan fingerprint density at radius 1 is 1.10 bits per heavy atom. The Balaban J connectivity index is 0.00000300. The number of nitrogens with one attached hydrogen (secondary N) is 3. The van der Waals surface area contributed by atoms with E-state index in [4.69, 9.17) is 9.73 Å². The zero-order chi connectivity index (χ0) is 19.8. The van der Waals surface area contributed by atoms with Crippen molar-refractivity contribution in [3.05, 3.63) is 35.4 Å². The average molecular weight is 514 g/mol. The SMILES string of the molecule is CCNC(=NCC1CCCOC1c1ccc(C)cc1)NCCNC(=O)C1CC1.I. The predicted octanol–water partition coefficient (Wildman–Crippen LogP) is 3.16. The Bertz CT molecular complexity index is 661. The van der Waals surface area contributed by atoms with Crippen LogP contribution in [0.15, 0.2) is 29.3 Å². The van der Waals surface area contributed by atoms with Crippen molar-refractivity contribution in [1.82, 2.24) is 16.0 Å². The van der Waals surface area contributed by atoms with E-state index >= 15 is 0 Å². The van der Waals surface area contributed by atoms with Gasteiger partial charge in [0.15, 0.2) is 5.96 Å². The summed E-state index contributed by atoms with van der Waals surface area (Å²) in [5, 5.41) is 9.59. The van der Waals surface area contributed by atoms with E-state index in [9.17, 15) is 4.79 Å². The Hall–Kier alpha value is -1.35. The molecular formula is C22H35IN4O2. The molecule has 1 heterocycles. The summed E-state index contributed by atoms with van der Waals surface area (Å²) in [5.41, 5.74) is 2.51. The summed E-state index contributed by atoms with van der Waals surface area (Å²) in [6.07, 6.45) is 4.39. The molecule has 1 aliphatic carbocycles. The van der Waals surface area contributed by atoms with Gasteiger partial charge in [0, 0.05) is 44.6 Å². The molecule has 1 aliphatic heterocycles. The molecule has 0 spiro atoms. The molecule has 162 valence electrons. The first-order valence-electron chi connectivity index (χ1n) is 10.7. The number of aryl methyl sites for hydroxylation is 1. The van der Waals surface area contributed by atoms with Crippen LogP contribution in [0.2, 0.25) is 0 Å². The second-order valence-electron chi connectivity index (χ2n) is 7.82. The number of hydrogen-bond acceptors (Lipinski definition) is 3. The van der Waals surface area contributed by atoms with Crippen LogP contribution >= 0.6 is 24.0 Å². The van der Waals surface area contributed by atoms with E-state index < -0.39 is 0 Å². The van der Waals surface area contributed by atoms with Crippen LogP contribution in [0, 0.1) is 18.8 Å². The van der Waals surface area contributed by atoms with E-state index in [1.807, 2.05) is 0 Å². The van der Waals surface area contributed by atoms with Crippen LogP contribution in [0.1, 0.15) is 49.8 Å². The van der Waals surface area contributed by atoms with E-state index in [1.54, 1.807) is 0 Å². The minimum Gasteiger partial charge on any atom is -0.373 e. The van der Waals surface area contributed by atoms with Gasteiger partial charge in [-0.05, 0) is 45.1 Å². The Morgan fingerprint density at radius 2 is 1.83 bits per heavy atom. The third kappa shape index (κ3) is 7.77. The highest BCUT2D eigenvalue weighted by atomic mass is 127. The van der Waals surface area contributed by atoms with Crippen molar-refractivity contribution in [3.63, 3.8) is 0 Å². The highest BCUT2D eigenvalue weighted by Gasteiger charge is 2.29. The summed E-state index contributed by atoms with van der Waals surface area (Å²) in [4.78, 5) is 16.5. The number of aliphatic imine (C=N–C) groups is 1. The molecule has 6 nitrogen and oxygen atoms in total. The van der Waals surface area contributed by atoms with Crippen molar-refractivity contribution >= 4 is 35.8 Å². The quantitative estimate of drug-likeness (QED) is 0.216. The van der Waals surface area contributed by atoms with Gasteiger partial charge in [0.25, 0.3) is 0 Å². The summed E-state index contributed by atoms with van der Waals surface area (Å²) in [5.74, 6) is 1.62. The van der Waals surface area contributed by atoms with Gasteiger partial charge in [-0.25, -0.2) is 0 Å². The topological polar surface area (TPSA) is 74.8 Å². The number of benzene rings is 1. The molecule has 2 fully saturated rings. The Morgan fingerprint density at radius 3 is 2.52 bits per heavy atom. The molecule has 0 bridgehead atoms. The lowest BCUT2D eigenvalue weighted by molar-refractivity contribution is -0.122.